The van der Waals surface area contributed by atoms with Gasteiger partial charge in [0.2, 0.25) is 0 Å². The number of benzene rings is 1. The van der Waals surface area contributed by atoms with Gasteiger partial charge in [0.05, 0.1) is 0 Å². The van der Waals surface area contributed by atoms with Gasteiger partial charge in [-0.05, 0) is 37.1 Å². The van der Waals surface area contributed by atoms with Crippen LogP contribution < -0.4 is 4.90 Å². The van der Waals surface area contributed by atoms with Gasteiger partial charge in [-0.3, -0.25) is 5.41 Å². The monoisotopic (exact) mass is 252 g/mol. The van der Waals surface area contributed by atoms with Crippen molar-refractivity contribution in [1.29, 1.82) is 5.41 Å². The number of anilines is 1. The van der Waals surface area contributed by atoms with E-state index in [1.165, 1.54) is 11.3 Å². The minimum Gasteiger partial charge on any atom is -0.330 e. The summed E-state index contributed by atoms with van der Waals surface area (Å²) in [6.45, 7) is 3.08. The standard InChI is InChI=1S/C11H13BrN2/c1-8-7-9(12)4-5-10(8)14-6-2-3-11(14)13/h4-5,7,13H,2-3,6H2,1H3. The molecule has 1 aromatic carbocycles. The van der Waals surface area contributed by atoms with Crippen molar-refractivity contribution in [2.75, 3.05) is 11.4 Å². The lowest BCUT2D eigenvalue weighted by Crippen LogP contribution is -2.23. The Balaban J connectivity index is 2.36. The first-order chi connectivity index (χ1) is 6.68. The molecule has 2 rings (SSSR count). The van der Waals surface area contributed by atoms with E-state index in [1.807, 2.05) is 6.07 Å². The highest BCUT2D eigenvalue weighted by molar-refractivity contribution is 9.10. The normalized spacial score (nSPS) is 16.4. The average Bonchev–Trinajstić information content (AvgIpc) is 2.52. The molecule has 1 fully saturated rings. The fourth-order valence-corrected chi connectivity index (χ4v) is 2.34. The van der Waals surface area contributed by atoms with Crippen LogP contribution in [0.2, 0.25) is 0 Å². The summed E-state index contributed by atoms with van der Waals surface area (Å²) in [5.74, 6) is 0.746. The molecule has 0 aromatic heterocycles. The summed E-state index contributed by atoms with van der Waals surface area (Å²) in [4.78, 5) is 2.10. The topological polar surface area (TPSA) is 27.1 Å². The van der Waals surface area contributed by atoms with Gasteiger partial charge in [-0.25, -0.2) is 0 Å². The van der Waals surface area contributed by atoms with E-state index < -0.39 is 0 Å². The second kappa shape index (κ2) is 3.73. The third-order valence-electron chi connectivity index (χ3n) is 2.57. The Kier molecular flexibility index (Phi) is 2.59. The fraction of sp³-hybridized carbons (Fsp3) is 0.364. The molecule has 1 saturated heterocycles. The predicted molar refractivity (Wildman–Crippen MR) is 63.2 cm³/mol. The molecular weight excluding hydrogens is 240 g/mol. The van der Waals surface area contributed by atoms with Crippen molar-refractivity contribution in [1.82, 2.24) is 0 Å². The first kappa shape index (κ1) is 9.71. The highest BCUT2D eigenvalue weighted by Gasteiger charge is 2.19. The molecule has 14 heavy (non-hydrogen) atoms. The Bertz CT molecular complexity index is 374. The van der Waals surface area contributed by atoms with E-state index in [0.717, 1.165) is 29.7 Å². The van der Waals surface area contributed by atoms with Gasteiger partial charge in [0.25, 0.3) is 0 Å². The number of halogens is 1. The van der Waals surface area contributed by atoms with E-state index in [1.54, 1.807) is 0 Å². The van der Waals surface area contributed by atoms with E-state index in [0.29, 0.717) is 0 Å². The first-order valence-corrected chi connectivity index (χ1v) is 5.59. The lowest BCUT2D eigenvalue weighted by Gasteiger charge is -2.20. The smallest absolute Gasteiger partial charge is 0.100 e. The lowest BCUT2D eigenvalue weighted by molar-refractivity contribution is 0.954. The van der Waals surface area contributed by atoms with Crippen molar-refractivity contribution in [2.45, 2.75) is 19.8 Å². The van der Waals surface area contributed by atoms with Crippen LogP contribution in [0.1, 0.15) is 18.4 Å². The number of hydrogen-bond donors (Lipinski definition) is 1. The van der Waals surface area contributed by atoms with Gasteiger partial charge >= 0.3 is 0 Å². The summed E-state index contributed by atoms with van der Waals surface area (Å²) in [7, 11) is 0. The molecule has 0 amide bonds. The lowest BCUT2D eigenvalue weighted by atomic mass is 10.2. The SMILES string of the molecule is Cc1cc(Br)ccc1N1CCCC1=N. The molecule has 1 aliphatic heterocycles. The molecule has 0 saturated carbocycles. The Morgan fingerprint density at radius 3 is 2.79 bits per heavy atom. The number of hydrogen-bond acceptors (Lipinski definition) is 1. The van der Waals surface area contributed by atoms with Gasteiger partial charge in [0.1, 0.15) is 5.84 Å². The molecule has 2 nitrogen and oxygen atoms in total. The Morgan fingerprint density at radius 2 is 2.21 bits per heavy atom. The van der Waals surface area contributed by atoms with Crippen LogP contribution in [0.25, 0.3) is 0 Å². The largest absolute Gasteiger partial charge is 0.330 e. The summed E-state index contributed by atoms with van der Waals surface area (Å²) >= 11 is 3.45. The van der Waals surface area contributed by atoms with E-state index in [2.05, 4.69) is 39.9 Å². The van der Waals surface area contributed by atoms with Crippen LogP contribution >= 0.6 is 15.9 Å². The zero-order valence-electron chi connectivity index (χ0n) is 8.18. The highest BCUT2D eigenvalue weighted by atomic mass is 79.9. The second-order valence-corrected chi connectivity index (χ2v) is 4.55. The van der Waals surface area contributed by atoms with Crippen molar-refractivity contribution in [3.8, 4) is 0 Å². The molecule has 0 aliphatic carbocycles. The van der Waals surface area contributed by atoms with Crippen molar-refractivity contribution < 1.29 is 0 Å². The van der Waals surface area contributed by atoms with Gasteiger partial charge in [0, 0.05) is 23.1 Å². The summed E-state index contributed by atoms with van der Waals surface area (Å²) < 4.78 is 1.10. The van der Waals surface area contributed by atoms with Crippen LogP contribution in [0.4, 0.5) is 5.69 Å². The first-order valence-electron chi connectivity index (χ1n) is 4.79. The fourth-order valence-electron chi connectivity index (χ4n) is 1.86. The molecule has 0 atom stereocenters. The number of rotatable bonds is 1. The third-order valence-corrected chi connectivity index (χ3v) is 3.06. The van der Waals surface area contributed by atoms with Crippen LogP contribution in [0.3, 0.4) is 0 Å². The van der Waals surface area contributed by atoms with Gasteiger partial charge < -0.3 is 4.90 Å². The molecule has 0 spiro atoms. The molecule has 0 unspecified atom stereocenters. The summed E-state index contributed by atoms with van der Waals surface area (Å²) in [6, 6.07) is 6.22. The maximum absolute atomic E-state index is 7.81. The Morgan fingerprint density at radius 1 is 1.43 bits per heavy atom. The van der Waals surface area contributed by atoms with Gasteiger partial charge in [-0.2, -0.15) is 0 Å². The second-order valence-electron chi connectivity index (χ2n) is 3.63. The molecule has 74 valence electrons. The third kappa shape index (κ3) is 1.69. The molecule has 3 heteroatoms. The van der Waals surface area contributed by atoms with Crippen molar-refractivity contribution >= 4 is 27.5 Å². The van der Waals surface area contributed by atoms with E-state index in [9.17, 15) is 0 Å². The number of nitrogens with one attached hydrogen (secondary N) is 1. The summed E-state index contributed by atoms with van der Waals surface area (Å²) in [5.41, 5.74) is 2.40. The van der Waals surface area contributed by atoms with E-state index >= 15 is 0 Å². The Hall–Kier alpha value is -0.830. The van der Waals surface area contributed by atoms with Crippen molar-refractivity contribution in [2.24, 2.45) is 0 Å². The zero-order chi connectivity index (χ0) is 10.1. The zero-order valence-corrected chi connectivity index (χ0v) is 9.76. The number of aryl methyl sites for hydroxylation is 1. The predicted octanol–water partition coefficient (Wildman–Crippen LogP) is 3.33. The summed E-state index contributed by atoms with van der Waals surface area (Å²) in [5, 5.41) is 7.81. The van der Waals surface area contributed by atoms with E-state index in [4.69, 9.17) is 5.41 Å². The van der Waals surface area contributed by atoms with Gasteiger partial charge in [-0.1, -0.05) is 15.9 Å². The van der Waals surface area contributed by atoms with Crippen molar-refractivity contribution in [3.63, 3.8) is 0 Å². The van der Waals surface area contributed by atoms with Crippen LogP contribution in [-0.4, -0.2) is 12.4 Å². The maximum Gasteiger partial charge on any atom is 0.100 e. The van der Waals surface area contributed by atoms with E-state index in [-0.39, 0.29) is 0 Å². The molecule has 0 bridgehead atoms. The number of nitrogens with zero attached hydrogens (tertiary/aromatic N) is 1. The van der Waals surface area contributed by atoms with Crippen molar-refractivity contribution in [3.05, 3.63) is 28.2 Å². The number of amidine groups is 1. The van der Waals surface area contributed by atoms with Crippen LogP contribution in [0.15, 0.2) is 22.7 Å². The molecule has 1 aliphatic rings. The maximum atomic E-state index is 7.81. The van der Waals surface area contributed by atoms with Crippen LogP contribution in [0, 0.1) is 12.3 Å². The highest BCUT2D eigenvalue weighted by Crippen LogP contribution is 2.27. The minimum absolute atomic E-state index is 0.746. The molecular formula is C11H13BrN2. The molecule has 1 heterocycles. The minimum atomic E-state index is 0.746. The summed E-state index contributed by atoms with van der Waals surface area (Å²) in [6.07, 6.45) is 2.02. The Labute approximate surface area is 92.6 Å². The van der Waals surface area contributed by atoms with Crippen LogP contribution in [0.5, 0.6) is 0 Å². The molecule has 1 N–H and O–H groups in total. The molecule has 0 radical (unpaired) electrons. The van der Waals surface area contributed by atoms with Gasteiger partial charge in [0.15, 0.2) is 0 Å². The quantitative estimate of drug-likeness (QED) is 0.816. The average molecular weight is 253 g/mol. The van der Waals surface area contributed by atoms with Gasteiger partial charge in [-0.15, -0.1) is 0 Å². The molecule has 1 aromatic rings. The van der Waals surface area contributed by atoms with Crippen LogP contribution in [-0.2, 0) is 0 Å².